The predicted octanol–water partition coefficient (Wildman–Crippen LogP) is 3.43. The number of thiophene rings is 1. The van der Waals surface area contributed by atoms with Gasteiger partial charge < -0.3 is 10.4 Å². The van der Waals surface area contributed by atoms with Gasteiger partial charge in [-0.25, -0.2) is 4.98 Å². The van der Waals surface area contributed by atoms with E-state index in [4.69, 9.17) is 16.7 Å². The molecule has 0 saturated heterocycles. The lowest BCUT2D eigenvalue weighted by Crippen LogP contribution is -2.34. The molecule has 3 rings (SSSR count). The minimum atomic E-state index is -0.845. The number of hydrogen-bond acceptors (Lipinski definition) is 5. The van der Waals surface area contributed by atoms with Gasteiger partial charge in [0.2, 0.25) is 0 Å². The van der Waals surface area contributed by atoms with Crippen LogP contribution in [0.1, 0.15) is 28.2 Å². The highest BCUT2D eigenvalue weighted by Gasteiger charge is 2.50. The molecule has 2 N–H and O–H groups in total. The highest BCUT2D eigenvalue weighted by atomic mass is 35.5. The molecule has 0 aromatic carbocycles. The first-order chi connectivity index (χ1) is 10.4. The summed E-state index contributed by atoms with van der Waals surface area (Å²) >= 11 is 8.62. The summed E-state index contributed by atoms with van der Waals surface area (Å²) in [6, 6.07) is 3.67. The summed E-state index contributed by atoms with van der Waals surface area (Å²) in [5, 5.41) is 12.6. The Bertz CT molecular complexity index is 749. The molecule has 5 nitrogen and oxygen atoms in total. The van der Waals surface area contributed by atoms with Gasteiger partial charge in [0.25, 0.3) is 5.91 Å². The molecule has 0 spiro atoms. The molecule has 1 amide bonds. The molecule has 0 atom stereocenters. The number of hydrogen-bond donors (Lipinski definition) is 2. The van der Waals surface area contributed by atoms with E-state index in [1.165, 1.54) is 22.7 Å². The number of carboxylic acids is 1. The lowest BCUT2D eigenvalue weighted by molar-refractivity contribution is -0.143. The number of carbonyl (C=O) groups is 2. The maximum atomic E-state index is 12.3. The molecule has 1 aliphatic carbocycles. The predicted molar refractivity (Wildman–Crippen MR) is 86.8 cm³/mol. The molecule has 116 valence electrons. The molecule has 0 bridgehead atoms. The Morgan fingerprint density at radius 3 is 2.68 bits per heavy atom. The summed E-state index contributed by atoms with van der Waals surface area (Å²) in [6.45, 7) is 1.94. The van der Waals surface area contributed by atoms with Crippen molar-refractivity contribution in [3.63, 3.8) is 0 Å². The molecule has 2 aromatic rings. The molecule has 0 unspecified atom stereocenters. The van der Waals surface area contributed by atoms with Crippen molar-refractivity contribution in [1.29, 1.82) is 0 Å². The van der Waals surface area contributed by atoms with Crippen molar-refractivity contribution in [2.75, 3.05) is 6.54 Å². The second-order valence-electron chi connectivity index (χ2n) is 5.31. The SMILES string of the molecule is Cc1nc(-c2ccc(Cl)s2)sc1C(=O)NCC1(C(=O)O)CC1. The van der Waals surface area contributed by atoms with Gasteiger partial charge >= 0.3 is 5.97 Å². The van der Waals surface area contributed by atoms with Crippen LogP contribution in [-0.4, -0.2) is 28.5 Å². The molecule has 1 fully saturated rings. The van der Waals surface area contributed by atoms with E-state index in [1.54, 1.807) is 13.0 Å². The number of rotatable bonds is 5. The standard InChI is InChI=1S/C14H13ClN2O3S2/c1-7-10(11(18)16-6-14(4-5-14)13(19)20)22-12(17-7)8-2-3-9(15)21-8/h2-3H,4-6H2,1H3,(H,16,18)(H,19,20). The highest BCUT2D eigenvalue weighted by molar-refractivity contribution is 7.24. The maximum absolute atomic E-state index is 12.3. The molecule has 1 aliphatic rings. The van der Waals surface area contributed by atoms with Crippen molar-refractivity contribution in [3.8, 4) is 9.88 Å². The van der Waals surface area contributed by atoms with Crippen LogP contribution in [0.15, 0.2) is 12.1 Å². The van der Waals surface area contributed by atoms with Crippen LogP contribution in [0.3, 0.4) is 0 Å². The number of carboxylic acid groups (broad SMARTS) is 1. The van der Waals surface area contributed by atoms with E-state index in [1.807, 2.05) is 6.07 Å². The van der Waals surface area contributed by atoms with Gasteiger partial charge in [-0.3, -0.25) is 9.59 Å². The first kappa shape index (κ1) is 15.5. The minimum Gasteiger partial charge on any atom is -0.481 e. The fourth-order valence-corrected chi connectivity index (χ4v) is 4.17. The molecule has 0 aliphatic heterocycles. The van der Waals surface area contributed by atoms with Crippen LogP contribution < -0.4 is 5.32 Å². The summed E-state index contributed by atoms with van der Waals surface area (Å²) in [4.78, 5) is 29.2. The quantitative estimate of drug-likeness (QED) is 0.860. The van der Waals surface area contributed by atoms with E-state index < -0.39 is 11.4 Å². The number of amides is 1. The van der Waals surface area contributed by atoms with E-state index >= 15 is 0 Å². The van der Waals surface area contributed by atoms with Gasteiger partial charge in [-0.15, -0.1) is 22.7 Å². The Kier molecular flexibility index (Phi) is 3.96. The van der Waals surface area contributed by atoms with Crippen LogP contribution in [-0.2, 0) is 4.79 Å². The van der Waals surface area contributed by atoms with E-state index in [0.29, 0.717) is 27.7 Å². The zero-order valence-corrected chi connectivity index (χ0v) is 14.1. The van der Waals surface area contributed by atoms with Gasteiger partial charge in [0.05, 0.1) is 20.3 Å². The van der Waals surface area contributed by atoms with E-state index in [-0.39, 0.29) is 12.5 Å². The zero-order chi connectivity index (χ0) is 15.9. The van der Waals surface area contributed by atoms with Crippen molar-refractivity contribution < 1.29 is 14.7 Å². The van der Waals surface area contributed by atoms with Gasteiger partial charge in [-0.2, -0.15) is 0 Å². The number of thiazole rings is 1. The van der Waals surface area contributed by atoms with Crippen molar-refractivity contribution in [2.45, 2.75) is 19.8 Å². The number of carbonyl (C=O) groups excluding carboxylic acids is 1. The smallest absolute Gasteiger partial charge is 0.311 e. The topological polar surface area (TPSA) is 79.3 Å². The van der Waals surface area contributed by atoms with Crippen LogP contribution >= 0.6 is 34.3 Å². The van der Waals surface area contributed by atoms with Crippen LogP contribution in [0.5, 0.6) is 0 Å². The average molecular weight is 357 g/mol. The third kappa shape index (κ3) is 2.88. The molecular weight excluding hydrogens is 344 g/mol. The first-order valence-corrected chi connectivity index (χ1v) is 8.67. The van der Waals surface area contributed by atoms with Crippen LogP contribution in [0, 0.1) is 12.3 Å². The first-order valence-electron chi connectivity index (χ1n) is 6.66. The summed E-state index contributed by atoms with van der Waals surface area (Å²) in [5.74, 6) is -1.11. The number of nitrogens with zero attached hydrogens (tertiary/aromatic N) is 1. The second-order valence-corrected chi connectivity index (χ2v) is 8.02. The third-order valence-corrected chi connectivity index (χ3v) is 6.24. The van der Waals surface area contributed by atoms with Crippen molar-refractivity contribution in [2.24, 2.45) is 5.41 Å². The Balaban J connectivity index is 1.73. The Morgan fingerprint density at radius 2 is 2.14 bits per heavy atom. The molecule has 22 heavy (non-hydrogen) atoms. The largest absolute Gasteiger partial charge is 0.481 e. The number of halogens is 1. The maximum Gasteiger partial charge on any atom is 0.311 e. The van der Waals surface area contributed by atoms with E-state index in [2.05, 4.69) is 10.3 Å². The van der Waals surface area contributed by atoms with Crippen molar-refractivity contribution in [3.05, 3.63) is 27.0 Å². The molecule has 0 radical (unpaired) electrons. The highest BCUT2D eigenvalue weighted by Crippen LogP contribution is 2.45. The fraction of sp³-hybridized carbons (Fsp3) is 0.357. The fourth-order valence-electron chi connectivity index (χ4n) is 2.09. The summed E-state index contributed by atoms with van der Waals surface area (Å²) in [5.41, 5.74) is -0.125. The normalized spacial score (nSPS) is 15.5. The van der Waals surface area contributed by atoms with Gasteiger partial charge in [0, 0.05) is 6.54 Å². The summed E-state index contributed by atoms with van der Waals surface area (Å²) in [6.07, 6.45) is 1.23. The van der Waals surface area contributed by atoms with Gasteiger partial charge in [-0.1, -0.05) is 11.6 Å². The van der Waals surface area contributed by atoms with Gasteiger partial charge in [-0.05, 0) is 31.9 Å². The number of nitrogens with one attached hydrogen (secondary N) is 1. The van der Waals surface area contributed by atoms with Crippen LogP contribution in [0.25, 0.3) is 9.88 Å². The lowest BCUT2D eigenvalue weighted by Gasteiger charge is -2.10. The molecule has 2 aromatic heterocycles. The molecular formula is C14H13ClN2O3S2. The Morgan fingerprint density at radius 1 is 1.41 bits per heavy atom. The Labute approximate surface area is 140 Å². The Hall–Kier alpha value is -1.44. The monoisotopic (exact) mass is 356 g/mol. The summed E-state index contributed by atoms with van der Waals surface area (Å²) < 4.78 is 0.672. The summed E-state index contributed by atoms with van der Waals surface area (Å²) in [7, 11) is 0. The number of aryl methyl sites for hydroxylation is 1. The molecule has 2 heterocycles. The number of aromatic nitrogens is 1. The van der Waals surface area contributed by atoms with E-state index in [9.17, 15) is 9.59 Å². The third-order valence-electron chi connectivity index (χ3n) is 3.68. The van der Waals surface area contributed by atoms with Crippen LogP contribution in [0.4, 0.5) is 0 Å². The lowest BCUT2D eigenvalue weighted by atomic mass is 10.1. The average Bonchev–Trinajstić information content (AvgIpc) is 3.00. The van der Waals surface area contributed by atoms with Crippen LogP contribution in [0.2, 0.25) is 4.34 Å². The van der Waals surface area contributed by atoms with Gasteiger partial charge in [0.1, 0.15) is 9.88 Å². The van der Waals surface area contributed by atoms with Gasteiger partial charge in [0.15, 0.2) is 0 Å². The van der Waals surface area contributed by atoms with E-state index in [0.717, 1.165) is 9.88 Å². The minimum absolute atomic E-state index is 0.165. The zero-order valence-electron chi connectivity index (χ0n) is 11.7. The molecule has 1 saturated carbocycles. The van der Waals surface area contributed by atoms with Crippen molar-refractivity contribution in [1.82, 2.24) is 10.3 Å². The molecule has 8 heteroatoms. The second kappa shape index (κ2) is 5.64. The number of aliphatic carboxylic acids is 1. The van der Waals surface area contributed by atoms with Crippen molar-refractivity contribution >= 4 is 46.2 Å².